The molecule has 1 N–H and O–H groups in total. The van der Waals surface area contributed by atoms with Crippen molar-refractivity contribution < 1.29 is 26.5 Å². The molecule has 6 nitrogen and oxygen atoms in total. The van der Waals surface area contributed by atoms with Crippen molar-refractivity contribution in [3.8, 4) is 0 Å². The minimum absolute atomic E-state index is 0.295. The van der Waals surface area contributed by atoms with E-state index in [-0.39, 0.29) is 0 Å². The van der Waals surface area contributed by atoms with E-state index in [1.54, 1.807) is 0 Å². The van der Waals surface area contributed by atoms with Crippen molar-refractivity contribution >= 4 is 31.6 Å². The van der Waals surface area contributed by atoms with Crippen LogP contribution in [0.15, 0.2) is 27.6 Å². The summed E-state index contributed by atoms with van der Waals surface area (Å²) in [6, 6.07) is 3.30. The van der Waals surface area contributed by atoms with Crippen LogP contribution < -0.4 is 4.72 Å². The Kier molecular flexibility index (Phi) is 5.70. The normalized spacial score (nSPS) is 12.4. The highest BCUT2D eigenvalue weighted by Gasteiger charge is 2.28. The van der Waals surface area contributed by atoms with Crippen molar-refractivity contribution in [3.63, 3.8) is 0 Å². The third-order valence-electron chi connectivity index (χ3n) is 2.34. The fourth-order valence-electron chi connectivity index (χ4n) is 1.43. The lowest BCUT2D eigenvalue weighted by molar-refractivity contribution is -0.387. The molecule has 0 aliphatic heterocycles. The van der Waals surface area contributed by atoms with E-state index in [9.17, 15) is 31.7 Å². The second-order valence-electron chi connectivity index (χ2n) is 3.99. The Hall–Kier alpha value is -1.20. The lowest BCUT2D eigenvalue weighted by Gasteiger charge is -2.09. The maximum absolute atomic E-state index is 11.9. The van der Waals surface area contributed by atoms with Gasteiger partial charge in [-0.05, 0) is 18.6 Å². The van der Waals surface area contributed by atoms with Gasteiger partial charge in [0.1, 0.15) is 0 Å². The minimum atomic E-state index is -4.38. The molecule has 0 aliphatic carbocycles. The Morgan fingerprint density at radius 3 is 2.48 bits per heavy atom. The molecule has 0 aromatic heterocycles. The molecule has 0 spiro atoms. The zero-order valence-corrected chi connectivity index (χ0v) is 12.8. The standard InChI is InChI=1S/C10H10BrF3N2O4S/c11-7-2-3-8(16(17)18)9(6-7)21(19,20)15-5-1-4-10(12,13)14/h2-3,6,15H,1,4-5H2. The average molecular weight is 391 g/mol. The average Bonchev–Trinajstić information content (AvgIpc) is 2.33. The van der Waals surface area contributed by atoms with Crippen molar-refractivity contribution in [1.82, 2.24) is 4.72 Å². The van der Waals surface area contributed by atoms with Crippen molar-refractivity contribution in [3.05, 3.63) is 32.8 Å². The molecule has 21 heavy (non-hydrogen) atoms. The van der Waals surface area contributed by atoms with E-state index in [0.717, 1.165) is 12.1 Å². The Bertz CT molecular complexity index is 634. The molecule has 1 aromatic rings. The molecule has 0 radical (unpaired) electrons. The topological polar surface area (TPSA) is 89.3 Å². The fourth-order valence-corrected chi connectivity index (χ4v) is 3.21. The first-order valence-electron chi connectivity index (χ1n) is 5.53. The van der Waals surface area contributed by atoms with Crippen LogP contribution in [0.4, 0.5) is 18.9 Å². The summed E-state index contributed by atoms with van der Waals surface area (Å²) in [5.74, 6) is 0. The number of sulfonamides is 1. The fraction of sp³-hybridized carbons (Fsp3) is 0.400. The van der Waals surface area contributed by atoms with Gasteiger partial charge in [-0.25, -0.2) is 13.1 Å². The third kappa shape index (κ3) is 5.59. The zero-order valence-electron chi connectivity index (χ0n) is 10.4. The molecule has 118 valence electrons. The first-order chi connectivity index (χ1) is 9.53. The third-order valence-corrected chi connectivity index (χ3v) is 4.32. The van der Waals surface area contributed by atoms with E-state index in [2.05, 4.69) is 15.9 Å². The Labute approximate surface area is 126 Å². The van der Waals surface area contributed by atoms with Gasteiger partial charge < -0.3 is 0 Å². The van der Waals surface area contributed by atoms with Crippen molar-refractivity contribution in [2.75, 3.05) is 6.54 Å². The molecule has 0 saturated heterocycles. The van der Waals surface area contributed by atoms with Gasteiger partial charge in [0, 0.05) is 23.5 Å². The second kappa shape index (κ2) is 6.71. The van der Waals surface area contributed by atoms with Crippen molar-refractivity contribution in [2.24, 2.45) is 0 Å². The van der Waals surface area contributed by atoms with Gasteiger partial charge in [-0.1, -0.05) is 15.9 Å². The largest absolute Gasteiger partial charge is 0.389 e. The summed E-state index contributed by atoms with van der Waals surface area (Å²) >= 11 is 2.98. The zero-order chi connectivity index (χ0) is 16.3. The first-order valence-corrected chi connectivity index (χ1v) is 7.81. The Morgan fingerprint density at radius 1 is 1.33 bits per heavy atom. The molecule has 1 rings (SSSR count). The van der Waals surface area contributed by atoms with E-state index in [0.29, 0.717) is 4.47 Å². The van der Waals surface area contributed by atoms with Crippen LogP contribution in [0.2, 0.25) is 0 Å². The number of rotatable bonds is 6. The maximum atomic E-state index is 11.9. The van der Waals surface area contributed by atoms with Crippen LogP contribution in [0.25, 0.3) is 0 Å². The van der Waals surface area contributed by atoms with Crippen LogP contribution in [0.3, 0.4) is 0 Å². The van der Waals surface area contributed by atoms with Crippen LogP contribution in [0.1, 0.15) is 12.8 Å². The number of benzene rings is 1. The number of hydrogen-bond acceptors (Lipinski definition) is 4. The lowest BCUT2D eigenvalue weighted by atomic mass is 10.3. The lowest BCUT2D eigenvalue weighted by Crippen LogP contribution is -2.26. The molecule has 0 fully saturated rings. The molecule has 0 aliphatic rings. The minimum Gasteiger partial charge on any atom is -0.258 e. The molecule has 0 atom stereocenters. The van der Waals surface area contributed by atoms with E-state index < -0.39 is 51.1 Å². The number of nitro benzene ring substituents is 1. The van der Waals surface area contributed by atoms with Crippen LogP contribution in [-0.4, -0.2) is 26.1 Å². The molecular weight excluding hydrogens is 381 g/mol. The highest BCUT2D eigenvalue weighted by Crippen LogP contribution is 2.27. The van der Waals surface area contributed by atoms with Gasteiger partial charge in [0.15, 0.2) is 4.90 Å². The number of halogens is 4. The molecular formula is C10H10BrF3N2O4S. The maximum Gasteiger partial charge on any atom is 0.389 e. The van der Waals surface area contributed by atoms with Crippen LogP contribution in [-0.2, 0) is 10.0 Å². The SMILES string of the molecule is O=[N+]([O-])c1ccc(Br)cc1S(=O)(=O)NCCCC(F)(F)F. The first kappa shape index (κ1) is 17.9. The van der Waals surface area contributed by atoms with Gasteiger partial charge in [0.05, 0.1) is 4.92 Å². The van der Waals surface area contributed by atoms with Gasteiger partial charge in [-0.15, -0.1) is 0 Å². The summed E-state index contributed by atoms with van der Waals surface area (Å²) in [7, 11) is -4.27. The van der Waals surface area contributed by atoms with Crippen LogP contribution in [0, 0.1) is 10.1 Å². The summed E-state index contributed by atoms with van der Waals surface area (Å²) in [5, 5.41) is 10.8. The molecule has 0 heterocycles. The number of alkyl halides is 3. The molecule has 11 heteroatoms. The van der Waals surface area contributed by atoms with Crippen molar-refractivity contribution in [2.45, 2.75) is 23.9 Å². The summed E-state index contributed by atoms with van der Waals surface area (Å²) in [6.45, 7) is -0.467. The molecule has 0 amide bonds. The molecule has 0 bridgehead atoms. The van der Waals surface area contributed by atoms with Gasteiger partial charge in [0.25, 0.3) is 5.69 Å². The van der Waals surface area contributed by atoms with Crippen LogP contribution >= 0.6 is 15.9 Å². The number of hydrogen-bond donors (Lipinski definition) is 1. The quantitative estimate of drug-likeness (QED) is 0.459. The van der Waals surface area contributed by atoms with Crippen molar-refractivity contribution in [1.29, 1.82) is 0 Å². The van der Waals surface area contributed by atoms with E-state index in [1.165, 1.54) is 6.07 Å². The van der Waals surface area contributed by atoms with E-state index in [4.69, 9.17) is 0 Å². The van der Waals surface area contributed by atoms with Gasteiger partial charge in [0.2, 0.25) is 10.0 Å². The summed E-state index contributed by atoms with van der Waals surface area (Å²) in [6.07, 6.45) is -5.98. The summed E-state index contributed by atoms with van der Waals surface area (Å²) in [4.78, 5) is 9.31. The molecule has 0 unspecified atom stereocenters. The number of nitro groups is 1. The number of nitrogens with one attached hydrogen (secondary N) is 1. The molecule has 1 aromatic carbocycles. The van der Waals surface area contributed by atoms with E-state index in [1.807, 2.05) is 4.72 Å². The Morgan fingerprint density at radius 2 is 1.95 bits per heavy atom. The summed E-state index contributed by atoms with van der Waals surface area (Å²) < 4.78 is 61.9. The highest BCUT2D eigenvalue weighted by atomic mass is 79.9. The summed E-state index contributed by atoms with van der Waals surface area (Å²) in [5.41, 5.74) is -0.651. The van der Waals surface area contributed by atoms with Gasteiger partial charge in [-0.2, -0.15) is 13.2 Å². The van der Waals surface area contributed by atoms with Gasteiger partial charge in [-0.3, -0.25) is 10.1 Å². The Balaban J connectivity index is 2.88. The number of nitrogens with zero attached hydrogens (tertiary/aromatic N) is 1. The smallest absolute Gasteiger partial charge is 0.258 e. The molecule has 0 saturated carbocycles. The second-order valence-corrected chi connectivity index (χ2v) is 6.64. The van der Waals surface area contributed by atoms with Gasteiger partial charge >= 0.3 is 6.18 Å². The van der Waals surface area contributed by atoms with E-state index >= 15 is 0 Å². The van der Waals surface area contributed by atoms with Crippen LogP contribution in [0.5, 0.6) is 0 Å². The predicted octanol–water partition coefficient (Wildman–Crippen LogP) is 2.98. The predicted molar refractivity (Wildman–Crippen MR) is 71.3 cm³/mol. The highest BCUT2D eigenvalue weighted by molar-refractivity contribution is 9.10. The monoisotopic (exact) mass is 390 g/mol.